The fourth-order valence-electron chi connectivity index (χ4n) is 5.17. The van der Waals surface area contributed by atoms with Crippen LogP contribution < -0.4 is 0 Å². The third-order valence-electron chi connectivity index (χ3n) is 6.65. The summed E-state index contributed by atoms with van der Waals surface area (Å²) in [4.78, 5) is 5.54. The van der Waals surface area contributed by atoms with E-state index in [0.29, 0.717) is 6.04 Å². The SMILES string of the molecule is c1cnn(-c2ccc(CN3C[C@@H]4CC[C@H]3CN(C3CCOCC3)C4)cc2)c1. The predicted octanol–water partition coefficient (Wildman–Crippen LogP) is 2.95. The molecule has 4 fully saturated rings. The van der Waals surface area contributed by atoms with Gasteiger partial charge in [-0.1, -0.05) is 12.1 Å². The zero-order valence-electron chi connectivity index (χ0n) is 16.0. The summed E-state index contributed by atoms with van der Waals surface area (Å²) >= 11 is 0. The molecule has 4 aliphatic rings. The van der Waals surface area contributed by atoms with Gasteiger partial charge in [0.1, 0.15) is 0 Å². The van der Waals surface area contributed by atoms with Crippen LogP contribution in [0.15, 0.2) is 42.7 Å². The molecule has 5 nitrogen and oxygen atoms in total. The molecule has 0 aliphatic carbocycles. The van der Waals surface area contributed by atoms with Gasteiger partial charge in [-0.15, -0.1) is 0 Å². The highest BCUT2D eigenvalue weighted by Crippen LogP contribution is 2.31. The lowest BCUT2D eigenvalue weighted by Crippen LogP contribution is -2.45. The summed E-state index contributed by atoms with van der Waals surface area (Å²) in [5.74, 6) is 0.829. The average molecular weight is 367 g/mol. The van der Waals surface area contributed by atoms with Crippen molar-refractivity contribution in [1.82, 2.24) is 19.6 Å². The normalized spacial score (nSPS) is 27.7. The molecule has 1 aromatic heterocycles. The van der Waals surface area contributed by atoms with Crippen LogP contribution in [0.1, 0.15) is 31.2 Å². The molecule has 144 valence electrons. The monoisotopic (exact) mass is 366 g/mol. The molecule has 5 heteroatoms. The molecule has 0 amide bonds. The van der Waals surface area contributed by atoms with Crippen LogP contribution in [-0.2, 0) is 11.3 Å². The first-order valence-corrected chi connectivity index (χ1v) is 10.5. The molecule has 0 saturated carbocycles. The van der Waals surface area contributed by atoms with Crippen molar-refractivity contribution >= 4 is 0 Å². The summed E-state index contributed by atoms with van der Waals surface area (Å²) in [6.07, 6.45) is 9.01. The van der Waals surface area contributed by atoms with Gasteiger partial charge in [0.2, 0.25) is 0 Å². The van der Waals surface area contributed by atoms with Gasteiger partial charge in [-0.05, 0) is 55.4 Å². The molecule has 4 aliphatic heterocycles. The predicted molar refractivity (Wildman–Crippen MR) is 106 cm³/mol. The molecule has 4 saturated heterocycles. The molecule has 2 atom stereocenters. The van der Waals surface area contributed by atoms with E-state index in [0.717, 1.165) is 37.4 Å². The van der Waals surface area contributed by atoms with Gasteiger partial charge < -0.3 is 4.74 Å². The molecular weight excluding hydrogens is 336 g/mol. The standard InChI is InChI=1S/C22H30N4O/c1-10-23-26(11-1)21-5-2-18(3-6-21)14-24-15-19-4-7-22(24)17-25(16-19)20-8-12-27-13-9-20/h1-3,5-6,10-11,19-20,22H,4,7-9,12-17H2/t19-,22-/m0/s1. The molecular formula is C22H30N4O. The second-order valence-electron chi connectivity index (χ2n) is 8.44. The van der Waals surface area contributed by atoms with E-state index in [1.165, 1.54) is 50.9 Å². The Balaban J connectivity index is 1.26. The Hall–Kier alpha value is -1.69. The first kappa shape index (κ1) is 17.4. The van der Waals surface area contributed by atoms with E-state index in [1.807, 2.05) is 23.1 Å². The molecule has 2 bridgehead atoms. The Bertz CT molecular complexity index is 723. The maximum atomic E-state index is 5.58. The molecule has 0 N–H and O–H groups in total. The highest BCUT2D eigenvalue weighted by Gasteiger charge is 2.37. The van der Waals surface area contributed by atoms with E-state index >= 15 is 0 Å². The molecule has 0 unspecified atom stereocenters. The quantitative estimate of drug-likeness (QED) is 0.833. The summed E-state index contributed by atoms with van der Waals surface area (Å²) in [6.45, 7) is 6.75. The fourth-order valence-corrected chi connectivity index (χ4v) is 5.17. The minimum Gasteiger partial charge on any atom is -0.381 e. The lowest BCUT2D eigenvalue weighted by atomic mass is 9.94. The van der Waals surface area contributed by atoms with Crippen LogP contribution in [0.4, 0.5) is 0 Å². The lowest BCUT2D eigenvalue weighted by Gasteiger charge is -2.37. The van der Waals surface area contributed by atoms with E-state index in [2.05, 4.69) is 39.2 Å². The van der Waals surface area contributed by atoms with Gasteiger partial charge in [-0.3, -0.25) is 9.80 Å². The van der Waals surface area contributed by atoms with Crippen LogP contribution in [0.2, 0.25) is 0 Å². The number of benzene rings is 1. The number of rotatable bonds is 4. The highest BCUT2D eigenvalue weighted by molar-refractivity contribution is 5.33. The average Bonchev–Trinajstić information content (AvgIpc) is 3.11. The first-order valence-electron chi connectivity index (χ1n) is 10.5. The Morgan fingerprint density at radius 2 is 1.78 bits per heavy atom. The van der Waals surface area contributed by atoms with E-state index in [-0.39, 0.29) is 0 Å². The van der Waals surface area contributed by atoms with Crippen molar-refractivity contribution in [2.24, 2.45) is 5.92 Å². The second kappa shape index (κ2) is 7.74. The van der Waals surface area contributed by atoms with Gasteiger partial charge >= 0.3 is 0 Å². The maximum Gasteiger partial charge on any atom is 0.0645 e. The highest BCUT2D eigenvalue weighted by atomic mass is 16.5. The molecule has 0 radical (unpaired) electrons. The first-order chi connectivity index (χ1) is 13.3. The number of ether oxygens (including phenoxy) is 1. The van der Waals surface area contributed by atoms with Crippen LogP contribution >= 0.6 is 0 Å². The Kier molecular flexibility index (Phi) is 4.99. The number of aromatic nitrogens is 2. The number of piperidine rings is 1. The van der Waals surface area contributed by atoms with Gasteiger partial charge in [0, 0.05) is 63.9 Å². The van der Waals surface area contributed by atoms with E-state index in [9.17, 15) is 0 Å². The molecule has 27 heavy (non-hydrogen) atoms. The fraction of sp³-hybridized carbons (Fsp3) is 0.591. The summed E-state index contributed by atoms with van der Waals surface area (Å²) < 4.78 is 7.50. The largest absolute Gasteiger partial charge is 0.381 e. The molecule has 1 aromatic carbocycles. The zero-order chi connectivity index (χ0) is 18.1. The van der Waals surface area contributed by atoms with Gasteiger partial charge in [0.15, 0.2) is 0 Å². The van der Waals surface area contributed by atoms with Crippen LogP contribution in [0, 0.1) is 5.92 Å². The topological polar surface area (TPSA) is 33.5 Å². The van der Waals surface area contributed by atoms with Gasteiger partial charge in [-0.2, -0.15) is 5.10 Å². The van der Waals surface area contributed by atoms with Crippen molar-refractivity contribution in [3.05, 3.63) is 48.3 Å². The van der Waals surface area contributed by atoms with Crippen LogP contribution in [-0.4, -0.2) is 64.5 Å². The van der Waals surface area contributed by atoms with Crippen molar-refractivity contribution in [3.63, 3.8) is 0 Å². The minimum atomic E-state index is 0.706. The minimum absolute atomic E-state index is 0.706. The molecule has 0 spiro atoms. The summed E-state index contributed by atoms with van der Waals surface area (Å²) in [5.41, 5.74) is 2.54. The van der Waals surface area contributed by atoms with E-state index in [1.54, 1.807) is 0 Å². The number of hydrogen-bond acceptors (Lipinski definition) is 4. The van der Waals surface area contributed by atoms with E-state index in [4.69, 9.17) is 4.74 Å². The number of fused-ring (bicyclic) bond motifs is 4. The third-order valence-corrected chi connectivity index (χ3v) is 6.65. The third kappa shape index (κ3) is 3.82. The maximum absolute atomic E-state index is 5.58. The second-order valence-corrected chi connectivity index (χ2v) is 8.44. The molecule has 6 rings (SSSR count). The van der Waals surface area contributed by atoms with Crippen molar-refractivity contribution in [2.45, 2.75) is 44.3 Å². The summed E-state index contributed by atoms with van der Waals surface area (Å²) in [7, 11) is 0. The summed E-state index contributed by atoms with van der Waals surface area (Å²) in [6, 6.07) is 12.3. The van der Waals surface area contributed by atoms with Crippen molar-refractivity contribution in [1.29, 1.82) is 0 Å². The Labute approximate surface area is 161 Å². The Morgan fingerprint density at radius 3 is 2.56 bits per heavy atom. The molecule has 5 heterocycles. The smallest absolute Gasteiger partial charge is 0.0645 e. The Morgan fingerprint density at radius 1 is 0.926 bits per heavy atom. The van der Waals surface area contributed by atoms with Crippen molar-refractivity contribution in [2.75, 3.05) is 32.8 Å². The van der Waals surface area contributed by atoms with Crippen molar-refractivity contribution < 1.29 is 4.74 Å². The van der Waals surface area contributed by atoms with Crippen molar-refractivity contribution in [3.8, 4) is 5.69 Å². The molecule has 2 aromatic rings. The van der Waals surface area contributed by atoms with Crippen LogP contribution in [0.3, 0.4) is 0 Å². The number of hydrogen-bond donors (Lipinski definition) is 0. The lowest BCUT2D eigenvalue weighted by molar-refractivity contribution is 0.0307. The van der Waals surface area contributed by atoms with Crippen LogP contribution in [0.5, 0.6) is 0 Å². The van der Waals surface area contributed by atoms with Gasteiger partial charge in [0.05, 0.1) is 5.69 Å². The van der Waals surface area contributed by atoms with E-state index < -0.39 is 0 Å². The number of nitrogens with zero attached hydrogens (tertiary/aromatic N) is 4. The van der Waals surface area contributed by atoms with Gasteiger partial charge in [0.25, 0.3) is 0 Å². The van der Waals surface area contributed by atoms with Gasteiger partial charge in [-0.25, -0.2) is 4.68 Å². The van der Waals surface area contributed by atoms with Crippen LogP contribution in [0.25, 0.3) is 5.69 Å². The zero-order valence-corrected chi connectivity index (χ0v) is 16.0. The summed E-state index contributed by atoms with van der Waals surface area (Å²) in [5, 5.41) is 4.32.